The van der Waals surface area contributed by atoms with Crippen LogP contribution in [0.15, 0.2) is 6.20 Å². The molecule has 1 aliphatic heterocycles. The third-order valence-corrected chi connectivity index (χ3v) is 3.71. The number of nitrogens with one attached hydrogen (secondary N) is 2. The Balaban J connectivity index is 1.49. The summed E-state index contributed by atoms with van der Waals surface area (Å²) in [5, 5.41) is 12.9. The zero-order valence-electron chi connectivity index (χ0n) is 10.6. The van der Waals surface area contributed by atoms with Crippen molar-refractivity contribution in [2.24, 2.45) is 5.92 Å². The van der Waals surface area contributed by atoms with Crippen molar-refractivity contribution in [2.75, 3.05) is 13.1 Å². The van der Waals surface area contributed by atoms with Crippen molar-refractivity contribution in [3.8, 4) is 0 Å². The number of likely N-dealkylation sites (tertiary alicyclic amines) is 1. The van der Waals surface area contributed by atoms with Crippen molar-refractivity contribution in [1.82, 2.24) is 25.6 Å². The van der Waals surface area contributed by atoms with E-state index in [0.29, 0.717) is 18.8 Å². The molecule has 1 aliphatic carbocycles. The summed E-state index contributed by atoms with van der Waals surface area (Å²) in [6.07, 6.45) is 5.10. The lowest BCUT2D eigenvalue weighted by Crippen LogP contribution is -2.47. The minimum Gasteiger partial charge on any atom is -0.353 e. The summed E-state index contributed by atoms with van der Waals surface area (Å²) >= 11 is 0. The van der Waals surface area contributed by atoms with Crippen molar-refractivity contribution in [3.05, 3.63) is 11.9 Å². The van der Waals surface area contributed by atoms with E-state index in [4.69, 9.17) is 0 Å². The van der Waals surface area contributed by atoms with E-state index >= 15 is 0 Å². The highest BCUT2D eigenvalue weighted by Gasteiger charge is 2.32. The molecule has 1 saturated carbocycles. The van der Waals surface area contributed by atoms with Gasteiger partial charge >= 0.3 is 0 Å². The van der Waals surface area contributed by atoms with E-state index in [2.05, 4.69) is 20.7 Å². The summed E-state index contributed by atoms with van der Waals surface area (Å²) in [5.74, 6) is 0.330. The molecule has 0 spiro atoms. The predicted molar refractivity (Wildman–Crippen MR) is 66.2 cm³/mol. The molecular weight excluding hydrogens is 246 g/mol. The van der Waals surface area contributed by atoms with Crippen LogP contribution >= 0.6 is 0 Å². The summed E-state index contributed by atoms with van der Waals surface area (Å²) in [5.41, 5.74) is 0.348. The lowest BCUT2D eigenvalue weighted by atomic mass is 10.0. The van der Waals surface area contributed by atoms with E-state index in [1.807, 2.05) is 0 Å². The van der Waals surface area contributed by atoms with Crippen molar-refractivity contribution in [1.29, 1.82) is 0 Å². The maximum absolute atomic E-state index is 12.0. The topological polar surface area (TPSA) is 91.0 Å². The average molecular weight is 263 g/mol. The number of amides is 2. The second-order valence-electron chi connectivity index (χ2n) is 5.20. The van der Waals surface area contributed by atoms with Crippen LogP contribution in [0.5, 0.6) is 0 Å². The number of H-pyrrole nitrogens is 1. The highest BCUT2D eigenvalue weighted by atomic mass is 16.2. The van der Waals surface area contributed by atoms with Crippen LogP contribution < -0.4 is 5.32 Å². The second kappa shape index (κ2) is 4.99. The molecule has 0 radical (unpaired) electrons. The Kier molecular flexibility index (Phi) is 3.18. The van der Waals surface area contributed by atoms with Crippen LogP contribution in [0.3, 0.4) is 0 Å². The monoisotopic (exact) mass is 263 g/mol. The van der Waals surface area contributed by atoms with Gasteiger partial charge in [0.25, 0.3) is 5.91 Å². The Bertz CT molecular complexity index is 460. The number of rotatable bonds is 3. The molecule has 7 heteroatoms. The summed E-state index contributed by atoms with van der Waals surface area (Å²) in [6.45, 7) is 1.31. The van der Waals surface area contributed by atoms with Crippen LogP contribution in [0.25, 0.3) is 0 Å². The molecule has 0 bridgehead atoms. The first-order chi connectivity index (χ1) is 9.24. The first kappa shape index (κ1) is 12.1. The Labute approximate surface area is 110 Å². The fraction of sp³-hybridized carbons (Fsp3) is 0.667. The molecule has 0 aromatic carbocycles. The smallest absolute Gasteiger partial charge is 0.276 e. The first-order valence-corrected chi connectivity index (χ1v) is 6.69. The Morgan fingerprint density at radius 1 is 1.26 bits per heavy atom. The minimum absolute atomic E-state index is 0.0966. The largest absolute Gasteiger partial charge is 0.353 e. The fourth-order valence-corrected chi connectivity index (χ4v) is 2.36. The van der Waals surface area contributed by atoms with Gasteiger partial charge in [0.1, 0.15) is 0 Å². The minimum atomic E-state index is -0.0966. The van der Waals surface area contributed by atoms with Gasteiger partial charge in [-0.3, -0.25) is 9.59 Å². The number of hydrogen-bond donors (Lipinski definition) is 2. The molecule has 102 valence electrons. The zero-order valence-corrected chi connectivity index (χ0v) is 10.6. The van der Waals surface area contributed by atoms with Crippen molar-refractivity contribution in [2.45, 2.75) is 31.7 Å². The van der Waals surface area contributed by atoms with Crippen molar-refractivity contribution < 1.29 is 9.59 Å². The van der Waals surface area contributed by atoms with E-state index in [9.17, 15) is 9.59 Å². The van der Waals surface area contributed by atoms with E-state index in [1.54, 1.807) is 4.90 Å². The van der Waals surface area contributed by atoms with Crippen molar-refractivity contribution in [3.63, 3.8) is 0 Å². The molecule has 3 rings (SSSR count). The van der Waals surface area contributed by atoms with Gasteiger partial charge in [-0.05, 0) is 25.7 Å². The third-order valence-electron chi connectivity index (χ3n) is 3.71. The first-order valence-electron chi connectivity index (χ1n) is 6.69. The van der Waals surface area contributed by atoms with Gasteiger partial charge in [-0.15, -0.1) is 0 Å². The lowest BCUT2D eigenvalue weighted by Gasteiger charge is -2.31. The molecule has 1 aromatic heterocycles. The summed E-state index contributed by atoms with van der Waals surface area (Å²) in [4.78, 5) is 25.4. The molecule has 2 N–H and O–H groups in total. The number of aromatic nitrogens is 3. The molecule has 0 unspecified atom stereocenters. The van der Waals surface area contributed by atoms with Gasteiger partial charge in [-0.1, -0.05) is 0 Å². The van der Waals surface area contributed by atoms with Crippen LogP contribution in [0.4, 0.5) is 0 Å². The number of carbonyl (C=O) groups excluding carboxylic acids is 2. The fourth-order valence-electron chi connectivity index (χ4n) is 2.36. The zero-order chi connectivity index (χ0) is 13.2. The summed E-state index contributed by atoms with van der Waals surface area (Å²) in [6, 6.07) is 0.203. The normalized spacial score (nSPS) is 20.3. The van der Waals surface area contributed by atoms with Crippen LogP contribution in [0.2, 0.25) is 0 Å². The predicted octanol–water partition coefficient (Wildman–Crippen LogP) is -0.0645. The standard InChI is InChI=1S/C12H17N5O2/c18-11(8-1-2-8)14-9-3-5-17(6-4-9)12(19)10-7-13-16-15-10/h7-9H,1-6H2,(H,14,18)(H,13,15,16). The summed E-state index contributed by atoms with van der Waals surface area (Å²) < 4.78 is 0. The van der Waals surface area contributed by atoms with Crippen LogP contribution in [-0.4, -0.2) is 51.3 Å². The van der Waals surface area contributed by atoms with Crippen molar-refractivity contribution >= 4 is 11.8 Å². The molecule has 19 heavy (non-hydrogen) atoms. The van der Waals surface area contributed by atoms with Gasteiger partial charge in [-0.2, -0.15) is 15.4 Å². The summed E-state index contributed by atoms with van der Waals surface area (Å²) in [7, 11) is 0. The Hall–Kier alpha value is -1.92. The highest BCUT2D eigenvalue weighted by molar-refractivity contribution is 5.92. The molecule has 2 amide bonds. The maximum atomic E-state index is 12.0. The lowest BCUT2D eigenvalue weighted by molar-refractivity contribution is -0.123. The molecule has 1 aromatic rings. The SMILES string of the molecule is O=C(NC1CCN(C(=O)c2cn[nH]n2)CC1)C1CC1. The molecule has 0 atom stereocenters. The van der Waals surface area contributed by atoms with Gasteiger partial charge in [-0.25, -0.2) is 0 Å². The van der Waals surface area contributed by atoms with E-state index in [-0.39, 0.29) is 23.8 Å². The number of aromatic amines is 1. The van der Waals surface area contributed by atoms with Crippen LogP contribution in [-0.2, 0) is 4.79 Å². The third kappa shape index (κ3) is 2.74. The van der Waals surface area contributed by atoms with Gasteiger partial charge < -0.3 is 10.2 Å². The molecular formula is C12H17N5O2. The maximum Gasteiger partial charge on any atom is 0.276 e. The van der Waals surface area contributed by atoms with E-state index in [1.165, 1.54) is 6.20 Å². The number of hydrogen-bond acceptors (Lipinski definition) is 4. The Morgan fingerprint density at radius 3 is 2.58 bits per heavy atom. The van der Waals surface area contributed by atoms with Gasteiger partial charge in [0, 0.05) is 25.0 Å². The molecule has 2 heterocycles. The number of piperidine rings is 1. The van der Waals surface area contributed by atoms with Gasteiger partial charge in [0.05, 0.1) is 6.20 Å². The van der Waals surface area contributed by atoms with E-state index in [0.717, 1.165) is 25.7 Å². The molecule has 2 aliphatic rings. The van der Waals surface area contributed by atoms with E-state index < -0.39 is 0 Å². The highest BCUT2D eigenvalue weighted by Crippen LogP contribution is 2.29. The Morgan fingerprint density at radius 2 is 2.00 bits per heavy atom. The number of nitrogens with zero attached hydrogens (tertiary/aromatic N) is 3. The van der Waals surface area contributed by atoms with Crippen LogP contribution in [0, 0.1) is 5.92 Å². The van der Waals surface area contributed by atoms with Gasteiger partial charge in [0.15, 0.2) is 5.69 Å². The van der Waals surface area contributed by atoms with Crippen LogP contribution in [0.1, 0.15) is 36.2 Å². The molecule has 7 nitrogen and oxygen atoms in total. The molecule has 1 saturated heterocycles. The second-order valence-corrected chi connectivity index (χ2v) is 5.20. The average Bonchev–Trinajstić information content (AvgIpc) is 3.14. The molecule has 2 fully saturated rings. The quantitative estimate of drug-likeness (QED) is 0.799. The van der Waals surface area contributed by atoms with Gasteiger partial charge in [0.2, 0.25) is 5.91 Å². The number of carbonyl (C=O) groups is 2.